The number of thiophene rings is 1. The van der Waals surface area contributed by atoms with Crippen LogP contribution in [-0.2, 0) is 0 Å². The van der Waals surface area contributed by atoms with E-state index in [1.165, 1.54) is 24.8 Å². The lowest BCUT2D eigenvalue weighted by molar-refractivity contribution is 0.104. The van der Waals surface area contributed by atoms with Gasteiger partial charge < -0.3 is 0 Å². The monoisotopic (exact) mass is 220 g/mol. The van der Waals surface area contributed by atoms with Crippen molar-refractivity contribution in [2.45, 2.75) is 39.0 Å². The molecule has 0 aliphatic heterocycles. The minimum Gasteiger partial charge on any atom is -0.289 e. The first kappa shape index (κ1) is 10.6. The summed E-state index contributed by atoms with van der Waals surface area (Å²) >= 11 is 1.64. The van der Waals surface area contributed by atoms with Crippen LogP contribution in [0.25, 0.3) is 0 Å². The topological polar surface area (TPSA) is 17.1 Å². The zero-order valence-electron chi connectivity index (χ0n) is 9.08. The zero-order valence-corrected chi connectivity index (χ0v) is 9.90. The molecule has 15 heavy (non-hydrogen) atoms. The van der Waals surface area contributed by atoms with Crippen molar-refractivity contribution in [2.24, 2.45) is 0 Å². The number of aryl methyl sites for hydroxylation is 1. The predicted molar refractivity (Wildman–Crippen MR) is 64.6 cm³/mol. The van der Waals surface area contributed by atoms with Crippen LogP contribution in [0.15, 0.2) is 23.1 Å². The van der Waals surface area contributed by atoms with Crippen LogP contribution in [0.1, 0.15) is 47.3 Å². The summed E-state index contributed by atoms with van der Waals surface area (Å²) in [5.74, 6) is 0.200. The van der Waals surface area contributed by atoms with Gasteiger partial charge >= 0.3 is 0 Å². The summed E-state index contributed by atoms with van der Waals surface area (Å²) in [4.78, 5) is 13.1. The van der Waals surface area contributed by atoms with Gasteiger partial charge in [0.2, 0.25) is 0 Å². The Morgan fingerprint density at radius 1 is 1.33 bits per heavy atom. The summed E-state index contributed by atoms with van der Waals surface area (Å²) in [6.07, 6.45) is 7.94. The molecule has 0 bridgehead atoms. The SMILES string of the molecule is Cc1sccc1C(=O)C=C1CCCCC1. The number of hydrogen-bond acceptors (Lipinski definition) is 2. The summed E-state index contributed by atoms with van der Waals surface area (Å²) in [5.41, 5.74) is 2.23. The average Bonchev–Trinajstić information content (AvgIpc) is 2.66. The fourth-order valence-corrected chi connectivity index (χ4v) is 2.76. The highest BCUT2D eigenvalue weighted by Crippen LogP contribution is 2.24. The summed E-state index contributed by atoms with van der Waals surface area (Å²) in [6, 6.07) is 1.93. The molecule has 1 aliphatic rings. The molecule has 0 spiro atoms. The van der Waals surface area contributed by atoms with Crippen molar-refractivity contribution < 1.29 is 4.79 Å². The molecule has 1 nitrogen and oxygen atoms in total. The molecule has 0 unspecified atom stereocenters. The predicted octanol–water partition coefficient (Wildman–Crippen LogP) is 4.13. The molecule has 1 aromatic rings. The van der Waals surface area contributed by atoms with Gasteiger partial charge in [0.05, 0.1) is 0 Å². The number of hydrogen-bond donors (Lipinski definition) is 0. The van der Waals surface area contributed by atoms with E-state index in [-0.39, 0.29) is 5.78 Å². The van der Waals surface area contributed by atoms with Crippen LogP contribution in [0.3, 0.4) is 0 Å². The quantitative estimate of drug-likeness (QED) is 0.541. The van der Waals surface area contributed by atoms with Crippen LogP contribution in [0.4, 0.5) is 0 Å². The fraction of sp³-hybridized carbons (Fsp3) is 0.462. The molecule has 0 aromatic carbocycles. The molecule has 0 amide bonds. The number of ketones is 1. The minimum absolute atomic E-state index is 0.200. The van der Waals surface area contributed by atoms with Crippen molar-refractivity contribution in [3.63, 3.8) is 0 Å². The second-order valence-corrected chi connectivity index (χ2v) is 5.24. The van der Waals surface area contributed by atoms with E-state index in [0.717, 1.165) is 23.3 Å². The third kappa shape index (κ3) is 2.57. The Hall–Kier alpha value is -0.890. The van der Waals surface area contributed by atoms with Gasteiger partial charge in [-0.25, -0.2) is 0 Å². The molecule has 1 saturated carbocycles. The Kier molecular flexibility index (Phi) is 3.37. The normalized spacial score (nSPS) is 16.5. The van der Waals surface area contributed by atoms with Gasteiger partial charge in [0.1, 0.15) is 0 Å². The van der Waals surface area contributed by atoms with E-state index in [2.05, 4.69) is 0 Å². The molecule has 0 saturated heterocycles. The van der Waals surface area contributed by atoms with Crippen molar-refractivity contribution in [3.8, 4) is 0 Å². The van der Waals surface area contributed by atoms with E-state index < -0.39 is 0 Å². The van der Waals surface area contributed by atoms with Crippen molar-refractivity contribution >= 4 is 17.1 Å². The Morgan fingerprint density at radius 2 is 2.07 bits per heavy atom. The average molecular weight is 220 g/mol. The summed E-state index contributed by atoms with van der Waals surface area (Å²) in [5, 5.41) is 1.99. The number of allylic oxidation sites excluding steroid dienone is 2. The van der Waals surface area contributed by atoms with Crippen LogP contribution >= 0.6 is 11.3 Å². The third-order valence-electron chi connectivity index (χ3n) is 2.96. The molecule has 0 atom stereocenters. The van der Waals surface area contributed by atoms with E-state index in [1.54, 1.807) is 11.3 Å². The summed E-state index contributed by atoms with van der Waals surface area (Å²) in [6.45, 7) is 2.01. The number of rotatable bonds is 2. The lowest BCUT2D eigenvalue weighted by atomic mass is 9.93. The molecule has 1 heterocycles. The van der Waals surface area contributed by atoms with Crippen molar-refractivity contribution in [1.29, 1.82) is 0 Å². The van der Waals surface area contributed by atoms with Crippen molar-refractivity contribution in [1.82, 2.24) is 0 Å². The molecule has 0 N–H and O–H groups in total. The van der Waals surface area contributed by atoms with Crippen molar-refractivity contribution in [3.05, 3.63) is 33.5 Å². The molecule has 1 aliphatic carbocycles. The van der Waals surface area contributed by atoms with Crippen LogP contribution in [0.2, 0.25) is 0 Å². The number of carbonyl (C=O) groups is 1. The molecule has 2 heteroatoms. The smallest absolute Gasteiger partial charge is 0.186 e. The van der Waals surface area contributed by atoms with Crippen LogP contribution in [0, 0.1) is 6.92 Å². The first-order chi connectivity index (χ1) is 7.27. The second-order valence-electron chi connectivity index (χ2n) is 4.12. The molecule has 80 valence electrons. The molecule has 0 radical (unpaired) electrons. The second kappa shape index (κ2) is 4.75. The standard InChI is InChI=1S/C13H16OS/c1-10-12(7-8-15-10)13(14)9-11-5-3-2-4-6-11/h7-9H,2-6H2,1H3. The van der Waals surface area contributed by atoms with Gasteiger partial charge in [0.25, 0.3) is 0 Å². The van der Waals surface area contributed by atoms with Gasteiger partial charge in [-0.15, -0.1) is 11.3 Å². The number of carbonyl (C=O) groups excluding carboxylic acids is 1. The maximum atomic E-state index is 11.9. The lowest BCUT2D eigenvalue weighted by Crippen LogP contribution is -2.00. The summed E-state index contributed by atoms with van der Waals surface area (Å²) < 4.78 is 0. The van der Waals surface area contributed by atoms with Crippen LogP contribution in [-0.4, -0.2) is 5.78 Å². The first-order valence-corrected chi connectivity index (χ1v) is 6.43. The van der Waals surface area contributed by atoms with E-state index in [4.69, 9.17) is 0 Å². The van der Waals surface area contributed by atoms with Crippen LogP contribution < -0.4 is 0 Å². The van der Waals surface area contributed by atoms with Gasteiger partial charge in [-0.3, -0.25) is 4.79 Å². The Labute approximate surface area is 94.8 Å². The van der Waals surface area contributed by atoms with Gasteiger partial charge in [0.15, 0.2) is 5.78 Å². The Balaban J connectivity index is 2.12. The molecule has 2 rings (SSSR count). The maximum absolute atomic E-state index is 11.9. The van der Waals surface area contributed by atoms with Gasteiger partial charge in [-0.1, -0.05) is 12.0 Å². The Morgan fingerprint density at radius 3 is 2.67 bits per heavy atom. The highest BCUT2D eigenvalue weighted by Gasteiger charge is 2.11. The molecular formula is C13H16OS. The largest absolute Gasteiger partial charge is 0.289 e. The fourth-order valence-electron chi connectivity index (χ4n) is 2.05. The Bertz CT molecular complexity index is 379. The van der Waals surface area contributed by atoms with E-state index in [9.17, 15) is 4.79 Å². The first-order valence-electron chi connectivity index (χ1n) is 5.55. The lowest BCUT2D eigenvalue weighted by Gasteiger charge is -2.12. The van der Waals surface area contributed by atoms with Gasteiger partial charge in [-0.2, -0.15) is 0 Å². The zero-order chi connectivity index (χ0) is 10.7. The highest BCUT2D eigenvalue weighted by atomic mass is 32.1. The van der Waals surface area contributed by atoms with Crippen LogP contribution in [0.5, 0.6) is 0 Å². The maximum Gasteiger partial charge on any atom is 0.186 e. The van der Waals surface area contributed by atoms with E-state index in [0.29, 0.717) is 0 Å². The van der Waals surface area contributed by atoms with E-state index >= 15 is 0 Å². The van der Waals surface area contributed by atoms with Gasteiger partial charge in [-0.05, 0) is 50.1 Å². The highest BCUT2D eigenvalue weighted by molar-refractivity contribution is 7.10. The van der Waals surface area contributed by atoms with E-state index in [1.807, 2.05) is 24.4 Å². The molecule has 1 fully saturated rings. The van der Waals surface area contributed by atoms with Gasteiger partial charge in [0, 0.05) is 10.4 Å². The molecular weight excluding hydrogens is 204 g/mol. The third-order valence-corrected chi connectivity index (χ3v) is 3.80. The minimum atomic E-state index is 0.200. The summed E-state index contributed by atoms with van der Waals surface area (Å²) in [7, 11) is 0. The van der Waals surface area contributed by atoms with Crippen molar-refractivity contribution in [2.75, 3.05) is 0 Å². The molecule has 1 aromatic heterocycles.